The topological polar surface area (TPSA) is 33.2 Å². The molecule has 0 N–H and O–H groups in total. The number of carbonyl (C=O) groups excluding carboxylic acids is 1. The summed E-state index contributed by atoms with van der Waals surface area (Å²) >= 11 is 1.56. The average Bonchev–Trinajstić information content (AvgIpc) is 3.17. The highest BCUT2D eigenvalue weighted by atomic mass is 32.1. The molecule has 4 aromatic rings. The maximum absolute atomic E-state index is 13.2. The highest BCUT2D eigenvalue weighted by Gasteiger charge is 2.20. The number of hydrogen-bond donors (Lipinski definition) is 0. The summed E-state index contributed by atoms with van der Waals surface area (Å²) in [5, 5.41) is 0.750. The molecular formula is C24H22N2OS. The number of aromatic nitrogens is 1. The second-order valence-electron chi connectivity index (χ2n) is 6.78. The summed E-state index contributed by atoms with van der Waals surface area (Å²) in [7, 11) is 0. The molecule has 140 valence electrons. The van der Waals surface area contributed by atoms with Crippen LogP contribution in [0.4, 0.5) is 5.13 Å². The molecule has 0 saturated carbocycles. The third-order valence-electron chi connectivity index (χ3n) is 4.78. The zero-order chi connectivity index (χ0) is 19.3. The molecule has 0 spiro atoms. The van der Waals surface area contributed by atoms with Crippen LogP contribution >= 0.6 is 11.3 Å². The number of para-hydroxylation sites is 1. The van der Waals surface area contributed by atoms with Gasteiger partial charge in [-0.15, -0.1) is 0 Å². The Labute approximate surface area is 169 Å². The third kappa shape index (κ3) is 4.12. The SMILES string of the molecule is CCc1ccc(CC(=O)N(Cc2ccccc2)c2nc3ccccc3s2)cc1. The molecular weight excluding hydrogens is 364 g/mol. The van der Waals surface area contributed by atoms with Crippen LogP contribution in [0, 0.1) is 0 Å². The van der Waals surface area contributed by atoms with Gasteiger partial charge >= 0.3 is 0 Å². The number of aryl methyl sites for hydroxylation is 1. The quantitative estimate of drug-likeness (QED) is 0.430. The van der Waals surface area contributed by atoms with E-state index in [9.17, 15) is 4.79 Å². The molecule has 0 saturated heterocycles. The highest BCUT2D eigenvalue weighted by molar-refractivity contribution is 7.22. The predicted octanol–water partition coefficient (Wildman–Crippen LogP) is 5.63. The minimum Gasteiger partial charge on any atom is -0.283 e. The van der Waals surface area contributed by atoms with Crippen molar-refractivity contribution in [2.75, 3.05) is 4.90 Å². The van der Waals surface area contributed by atoms with Crippen LogP contribution in [0.5, 0.6) is 0 Å². The number of amides is 1. The second kappa shape index (κ2) is 8.36. The summed E-state index contributed by atoms with van der Waals surface area (Å²) in [6, 6.07) is 26.4. The Morgan fingerprint density at radius 3 is 2.25 bits per heavy atom. The normalized spacial score (nSPS) is 10.9. The van der Waals surface area contributed by atoms with Crippen LogP contribution in [0.15, 0.2) is 78.9 Å². The molecule has 1 aromatic heterocycles. The smallest absolute Gasteiger partial charge is 0.233 e. The van der Waals surface area contributed by atoms with Gasteiger partial charge < -0.3 is 0 Å². The molecule has 0 atom stereocenters. The van der Waals surface area contributed by atoms with Gasteiger partial charge in [0, 0.05) is 0 Å². The number of benzene rings is 3. The van der Waals surface area contributed by atoms with Gasteiger partial charge in [-0.3, -0.25) is 9.69 Å². The monoisotopic (exact) mass is 386 g/mol. The number of anilines is 1. The van der Waals surface area contributed by atoms with Crippen molar-refractivity contribution < 1.29 is 4.79 Å². The van der Waals surface area contributed by atoms with Crippen molar-refractivity contribution in [2.24, 2.45) is 0 Å². The molecule has 0 bridgehead atoms. The highest BCUT2D eigenvalue weighted by Crippen LogP contribution is 2.30. The average molecular weight is 387 g/mol. The maximum Gasteiger partial charge on any atom is 0.233 e. The van der Waals surface area contributed by atoms with E-state index >= 15 is 0 Å². The largest absolute Gasteiger partial charge is 0.283 e. The van der Waals surface area contributed by atoms with Crippen LogP contribution < -0.4 is 4.90 Å². The van der Waals surface area contributed by atoms with Gasteiger partial charge in [-0.25, -0.2) is 4.98 Å². The Bertz CT molecular complexity index is 1040. The van der Waals surface area contributed by atoms with E-state index in [2.05, 4.69) is 31.2 Å². The van der Waals surface area contributed by atoms with Gasteiger partial charge in [0.25, 0.3) is 0 Å². The minimum absolute atomic E-state index is 0.0622. The lowest BCUT2D eigenvalue weighted by Crippen LogP contribution is -2.31. The standard InChI is InChI=1S/C24H22N2OS/c1-2-18-12-14-19(15-13-18)16-23(27)26(17-20-8-4-3-5-9-20)24-25-21-10-6-7-11-22(21)28-24/h3-15H,2,16-17H2,1H3. The van der Waals surface area contributed by atoms with Crippen molar-refractivity contribution in [1.82, 2.24) is 4.98 Å². The minimum atomic E-state index is 0.0622. The molecule has 0 unspecified atom stereocenters. The van der Waals surface area contributed by atoms with Crippen LogP contribution in [0.25, 0.3) is 10.2 Å². The number of rotatable bonds is 6. The predicted molar refractivity (Wildman–Crippen MR) is 117 cm³/mol. The number of thiazole rings is 1. The van der Waals surface area contributed by atoms with E-state index in [1.807, 2.05) is 59.5 Å². The van der Waals surface area contributed by atoms with Gasteiger partial charge in [0.15, 0.2) is 5.13 Å². The number of fused-ring (bicyclic) bond motifs is 1. The van der Waals surface area contributed by atoms with Crippen molar-refractivity contribution in [3.05, 3.63) is 95.6 Å². The van der Waals surface area contributed by atoms with Crippen molar-refractivity contribution >= 4 is 32.6 Å². The molecule has 0 fully saturated rings. The van der Waals surface area contributed by atoms with E-state index in [-0.39, 0.29) is 5.91 Å². The van der Waals surface area contributed by atoms with Gasteiger partial charge in [0.1, 0.15) is 0 Å². The fourth-order valence-electron chi connectivity index (χ4n) is 3.17. The summed E-state index contributed by atoms with van der Waals surface area (Å²) in [4.78, 5) is 19.8. The van der Waals surface area contributed by atoms with Crippen LogP contribution in [-0.2, 0) is 24.2 Å². The zero-order valence-corrected chi connectivity index (χ0v) is 16.7. The van der Waals surface area contributed by atoms with Crippen LogP contribution in [-0.4, -0.2) is 10.9 Å². The van der Waals surface area contributed by atoms with Gasteiger partial charge in [-0.2, -0.15) is 0 Å². The first-order valence-electron chi connectivity index (χ1n) is 9.50. The molecule has 4 heteroatoms. The Balaban J connectivity index is 1.64. The fraction of sp³-hybridized carbons (Fsp3) is 0.167. The molecule has 0 aliphatic rings. The lowest BCUT2D eigenvalue weighted by molar-refractivity contribution is -0.118. The van der Waals surface area contributed by atoms with Gasteiger partial charge in [-0.05, 0) is 35.2 Å². The Morgan fingerprint density at radius 2 is 1.54 bits per heavy atom. The van der Waals surface area contributed by atoms with E-state index in [0.717, 1.165) is 32.9 Å². The van der Waals surface area contributed by atoms with Gasteiger partial charge in [-0.1, -0.05) is 85.0 Å². The lowest BCUT2D eigenvalue weighted by Gasteiger charge is -2.20. The third-order valence-corrected chi connectivity index (χ3v) is 5.84. The molecule has 3 aromatic carbocycles. The fourth-order valence-corrected chi connectivity index (χ4v) is 4.15. The van der Waals surface area contributed by atoms with Gasteiger partial charge in [0.2, 0.25) is 5.91 Å². The Morgan fingerprint density at radius 1 is 0.857 bits per heavy atom. The van der Waals surface area contributed by atoms with E-state index in [0.29, 0.717) is 13.0 Å². The van der Waals surface area contributed by atoms with Crippen molar-refractivity contribution in [3.63, 3.8) is 0 Å². The van der Waals surface area contributed by atoms with E-state index in [4.69, 9.17) is 4.98 Å². The lowest BCUT2D eigenvalue weighted by atomic mass is 10.1. The van der Waals surface area contributed by atoms with Crippen LogP contribution in [0.2, 0.25) is 0 Å². The van der Waals surface area contributed by atoms with E-state index in [1.165, 1.54) is 5.56 Å². The zero-order valence-electron chi connectivity index (χ0n) is 15.8. The summed E-state index contributed by atoms with van der Waals surface area (Å²) in [6.45, 7) is 2.65. The Hall–Kier alpha value is -2.98. The van der Waals surface area contributed by atoms with Crippen molar-refractivity contribution in [3.8, 4) is 0 Å². The van der Waals surface area contributed by atoms with Crippen LogP contribution in [0.3, 0.4) is 0 Å². The summed E-state index contributed by atoms with van der Waals surface area (Å²) in [5.41, 5.74) is 4.34. The van der Waals surface area contributed by atoms with Crippen molar-refractivity contribution in [1.29, 1.82) is 0 Å². The first-order valence-corrected chi connectivity index (χ1v) is 10.3. The molecule has 1 heterocycles. The van der Waals surface area contributed by atoms with Crippen LogP contribution in [0.1, 0.15) is 23.6 Å². The molecule has 1 amide bonds. The Kier molecular flexibility index (Phi) is 5.49. The molecule has 3 nitrogen and oxygen atoms in total. The molecule has 0 aliphatic heterocycles. The molecule has 28 heavy (non-hydrogen) atoms. The summed E-state index contributed by atoms with van der Waals surface area (Å²) in [6.07, 6.45) is 1.37. The van der Waals surface area contributed by atoms with E-state index in [1.54, 1.807) is 11.3 Å². The number of carbonyl (C=O) groups is 1. The second-order valence-corrected chi connectivity index (χ2v) is 7.79. The molecule has 4 rings (SSSR count). The number of hydrogen-bond acceptors (Lipinski definition) is 3. The van der Waals surface area contributed by atoms with Gasteiger partial charge in [0.05, 0.1) is 23.2 Å². The number of nitrogens with zero attached hydrogens (tertiary/aromatic N) is 2. The van der Waals surface area contributed by atoms with E-state index < -0.39 is 0 Å². The summed E-state index contributed by atoms with van der Waals surface area (Å²) in [5.74, 6) is 0.0622. The first kappa shape index (κ1) is 18.4. The summed E-state index contributed by atoms with van der Waals surface area (Å²) < 4.78 is 1.09. The van der Waals surface area contributed by atoms with Crippen molar-refractivity contribution in [2.45, 2.75) is 26.3 Å². The first-order chi connectivity index (χ1) is 13.7. The molecule has 0 aliphatic carbocycles. The maximum atomic E-state index is 13.2. The molecule has 0 radical (unpaired) electrons.